The number of ether oxygens (including phenoxy) is 2. The molecule has 0 saturated carbocycles. The van der Waals surface area contributed by atoms with Gasteiger partial charge in [0.2, 0.25) is 0 Å². The Hall–Kier alpha value is -3.68. The van der Waals surface area contributed by atoms with E-state index in [0.29, 0.717) is 13.1 Å². The van der Waals surface area contributed by atoms with Gasteiger partial charge in [0.1, 0.15) is 11.5 Å². The van der Waals surface area contributed by atoms with Gasteiger partial charge in [0.05, 0.1) is 14.2 Å². The van der Waals surface area contributed by atoms with Gasteiger partial charge in [-0.1, -0.05) is 97.8 Å². The fourth-order valence-corrected chi connectivity index (χ4v) is 6.12. The summed E-state index contributed by atoms with van der Waals surface area (Å²) in [6, 6.07) is 34.5. The lowest BCUT2D eigenvalue weighted by atomic mass is 10.1. The summed E-state index contributed by atoms with van der Waals surface area (Å²) in [4.78, 5) is 5.21. The van der Waals surface area contributed by atoms with E-state index in [1.807, 2.05) is 0 Å². The van der Waals surface area contributed by atoms with Crippen LogP contribution in [0.15, 0.2) is 97.1 Å². The molecule has 0 unspecified atom stereocenters. The summed E-state index contributed by atoms with van der Waals surface area (Å²) in [7, 11) is 3.41. The van der Waals surface area contributed by atoms with Gasteiger partial charge < -0.3 is 20.9 Å². The first kappa shape index (κ1) is 35.2. The molecule has 0 saturated heterocycles. The first-order valence-corrected chi connectivity index (χ1v) is 16.9. The van der Waals surface area contributed by atoms with Crippen LogP contribution in [0.5, 0.6) is 11.5 Å². The Labute approximate surface area is 277 Å². The predicted molar refractivity (Wildman–Crippen MR) is 191 cm³/mol. The monoisotopic (exact) mass is 622 g/mol. The molecule has 0 aliphatic carbocycles. The maximum absolute atomic E-state index is 5.98. The summed E-state index contributed by atoms with van der Waals surface area (Å²) in [5.74, 6) is 1.74. The molecule has 46 heavy (non-hydrogen) atoms. The second kappa shape index (κ2) is 19.7. The molecule has 0 atom stereocenters. The van der Waals surface area contributed by atoms with E-state index >= 15 is 0 Å². The lowest BCUT2D eigenvalue weighted by Gasteiger charge is -2.24. The van der Waals surface area contributed by atoms with E-state index in [1.54, 1.807) is 14.2 Å². The van der Waals surface area contributed by atoms with Gasteiger partial charge in [0.25, 0.3) is 0 Å². The molecule has 4 rings (SSSR count). The highest BCUT2D eigenvalue weighted by Crippen LogP contribution is 2.21. The van der Waals surface area contributed by atoms with Crippen LogP contribution in [0, 0.1) is 0 Å². The molecular formula is C40H54N4O2. The Morgan fingerprint density at radius 2 is 0.891 bits per heavy atom. The number of rotatable bonds is 21. The van der Waals surface area contributed by atoms with Crippen LogP contribution in [-0.4, -0.2) is 50.2 Å². The third kappa shape index (κ3) is 11.6. The largest absolute Gasteiger partial charge is 0.496 e. The number of methoxy groups -OCH3 is 2. The number of nitrogens with zero attached hydrogens (tertiary/aromatic N) is 2. The normalized spacial score (nSPS) is 11.3. The van der Waals surface area contributed by atoms with Crippen molar-refractivity contribution in [2.75, 3.05) is 40.4 Å². The highest BCUT2D eigenvalue weighted by Gasteiger charge is 2.11. The molecule has 6 nitrogen and oxygen atoms in total. The molecule has 0 spiro atoms. The average molecular weight is 623 g/mol. The predicted octanol–water partition coefficient (Wildman–Crippen LogP) is 6.97. The Bertz CT molecular complexity index is 1300. The topological polar surface area (TPSA) is 77.0 Å². The fourth-order valence-electron chi connectivity index (χ4n) is 6.12. The van der Waals surface area contributed by atoms with E-state index in [4.69, 9.17) is 20.9 Å². The van der Waals surface area contributed by atoms with Gasteiger partial charge in [-0.05, 0) is 73.2 Å². The molecule has 0 aliphatic heterocycles. The zero-order chi connectivity index (χ0) is 32.4. The smallest absolute Gasteiger partial charge is 0.123 e. The molecule has 0 amide bonds. The molecule has 4 aromatic carbocycles. The zero-order valence-electron chi connectivity index (χ0n) is 28.0. The number of hydrogen-bond donors (Lipinski definition) is 2. The van der Waals surface area contributed by atoms with Crippen LogP contribution in [0.2, 0.25) is 0 Å². The molecule has 0 radical (unpaired) electrons. The zero-order valence-corrected chi connectivity index (χ0v) is 28.0. The molecule has 0 bridgehead atoms. The van der Waals surface area contributed by atoms with Gasteiger partial charge in [0, 0.05) is 50.4 Å². The van der Waals surface area contributed by atoms with Crippen molar-refractivity contribution < 1.29 is 9.47 Å². The SMILES string of the molecule is COc1ccc(CCN(CCCCCCN(CCc2ccc(OC)c(CN)c2)Cc2ccccc2)Cc2ccccc2)cc1CN. The van der Waals surface area contributed by atoms with Crippen molar-refractivity contribution in [3.63, 3.8) is 0 Å². The minimum atomic E-state index is 0.490. The number of hydrogen-bond acceptors (Lipinski definition) is 6. The molecule has 246 valence electrons. The molecule has 4 N–H and O–H groups in total. The van der Waals surface area contributed by atoms with Crippen LogP contribution in [0.25, 0.3) is 0 Å². The molecule has 6 heteroatoms. The van der Waals surface area contributed by atoms with Crippen molar-refractivity contribution in [2.24, 2.45) is 11.5 Å². The van der Waals surface area contributed by atoms with E-state index < -0.39 is 0 Å². The lowest BCUT2D eigenvalue weighted by molar-refractivity contribution is 0.250. The molecule has 0 aliphatic rings. The van der Waals surface area contributed by atoms with Crippen molar-refractivity contribution >= 4 is 0 Å². The van der Waals surface area contributed by atoms with Crippen molar-refractivity contribution in [1.29, 1.82) is 0 Å². The van der Waals surface area contributed by atoms with Crippen LogP contribution >= 0.6 is 0 Å². The second-order valence-corrected chi connectivity index (χ2v) is 12.1. The summed E-state index contributed by atoms with van der Waals surface area (Å²) < 4.78 is 10.9. The summed E-state index contributed by atoms with van der Waals surface area (Å²) >= 11 is 0. The Morgan fingerprint density at radius 3 is 1.26 bits per heavy atom. The van der Waals surface area contributed by atoms with Crippen LogP contribution in [0.4, 0.5) is 0 Å². The van der Waals surface area contributed by atoms with Crippen molar-refractivity contribution in [3.8, 4) is 11.5 Å². The molecule has 0 fully saturated rings. The third-order valence-corrected chi connectivity index (χ3v) is 8.76. The Morgan fingerprint density at radius 1 is 0.478 bits per heavy atom. The summed E-state index contributed by atoms with van der Waals surface area (Å²) in [5.41, 5.74) is 19.5. The third-order valence-electron chi connectivity index (χ3n) is 8.76. The second-order valence-electron chi connectivity index (χ2n) is 12.1. The Kier molecular flexibility index (Phi) is 15.1. The van der Waals surface area contributed by atoms with E-state index in [0.717, 1.165) is 74.7 Å². The van der Waals surface area contributed by atoms with Gasteiger partial charge >= 0.3 is 0 Å². The van der Waals surface area contributed by atoms with Crippen molar-refractivity contribution in [2.45, 2.75) is 64.7 Å². The summed E-state index contributed by atoms with van der Waals surface area (Å²) in [6.07, 6.45) is 6.88. The highest BCUT2D eigenvalue weighted by molar-refractivity contribution is 5.38. The molecule has 0 aromatic heterocycles. The van der Waals surface area contributed by atoms with Gasteiger partial charge in [-0.25, -0.2) is 0 Å². The van der Waals surface area contributed by atoms with Crippen molar-refractivity contribution in [3.05, 3.63) is 130 Å². The van der Waals surface area contributed by atoms with Gasteiger partial charge in [-0.3, -0.25) is 9.80 Å². The van der Waals surface area contributed by atoms with Gasteiger partial charge in [-0.2, -0.15) is 0 Å². The Balaban J connectivity index is 1.27. The highest BCUT2D eigenvalue weighted by atomic mass is 16.5. The van der Waals surface area contributed by atoms with Crippen LogP contribution in [0.1, 0.15) is 59.1 Å². The van der Waals surface area contributed by atoms with Crippen LogP contribution in [-0.2, 0) is 39.0 Å². The van der Waals surface area contributed by atoms with Crippen LogP contribution < -0.4 is 20.9 Å². The lowest BCUT2D eigenvalue weighted by Crippen LogP contribution is -2.27. The molecular weight excluding hydrogens is 568 g/mol. The van der Waals surface area contributed by atoms with Crippen LogP contribution in [0.3, 0.4) is 0 Å². The van der Waals surface area contributed by atoms with Gasteiger partial charge in [-0.15, -0.1) is 0 Å². The van der Waals surface area contributed by atoms with E-state index in [-0.39, 0.29) is 0 Å². The summed E-state index contributed by atoms with van der Waals surface area (Å²) in [5, 5.41) is 0. The minimum absolute atomic E-state index is 0.490. The quantitative estimate of drug-likeness (QED) is 0.0978. The number of benzene rings is 4. The maximum atomic E-state index is 5.98. The van der Waals surface area contributed by atoms with E-state index in [2.05, 4.69) is 107 Å². The number of nitrogens with two attached hydrogens (primary N) is 2. The summed E-state index contributed by atoms with van der Waals surface area (Å²) in [6.45, 7) is 7.17. The van der Waals surface area contributed by atoms with E-state index in [1.165, 1.54) is 47.9 Å². The maximum Gasteiger partial charge on any atom is 0.123 e. The van der Waals surface area contributed by atoms with Gasteiger partial charge in [0.15, 0.2) is 0 Å². The average Bonchev–Trinajstić information content (AvgIpc) is 3.11. The fraction of sp³-hybridized carbons (Fsp3) is 0.400. The first-order chi connectivity index (χ1) is 22.6. The minimum Gasteiger partial charge on any atom is -0.496 e. The molecule has 0 heterocycles. The van der Waals surface area contributed by atoms with Crippen molar-refractivity contribution in [1.82, 2.24) is 9.80 Å². The standard InChI is InChI=1S/C40H54N4O2/c1-45-39-19-17-33(27-37(39)29-41)21-25-43(31-35-13-7-5-8-14-35)23-11-3-4-12-24-44(32-36-15-9-6-10-16-36)26-22-34-18-20-40(46-2)38(28-34)30-42/h5-10,13-20,27-28H,3-4,11-12,21-26,29-32,41-42H2,1-2H3. The first-order valence-electron chi connectivity index (χ1n) is 16.9. The number of unbranched alkanes of at least 4 members (excludes halogenated alkanes) is 3. The molecule has 4 aromatic rings. The van der Waals surface area contributed by atoms with E-state index in [9.17, 15) is 0 Å².